The maximum atomic E-state index is 13.8. The van der Waals surface area contributed by atoms with Gasteiger partial charge >= 0.3 is 0 Å². The minimum Gasteiger partial charge on any atom is -0.386 e. The second-order valence-corrected chi connectivity index (χ2v) is 5.63. The average molecular weight is 265 g/mol. The molecule has 0 aliphatic carbocycles. The Hall–Kier alpha value is -0.970. The second kappa shape index (κ2) is 5.19. The van der Waals surface area contributed by atoms with E-state index in [4.69, 9.17) is 4.74 Å². The largest absolute Gasteiger partial charge is 0.386 e. The van der Waals surface area contributed by atoms with Crippen LogP contribution in [0.5, 0.6) is 0 Å². The van der Waals surface area contributed by atoms with Crippen molar-refractivity contribution in [3.8, 4) is 0 Å². The van der Waals surface area contributed by atoms with Gasteiger partial charge in [0.25, 0.3) is 0 Å². The lowest BCUT2D eigenvalue weighted by molar-refractivity contribution is -0.104. The number of rotatable bonds is 2. The van der Waals surface area contributed by atoms with E-state index in [2.05, 4.69) is 4.90 Å². The summed E-state index contributed by atoms with van der Waals surface area (Å²) in [5, 5.41) is 10.4. The minimum atomic E-state index is -0.888. The van der Waals surface area contributed by atoms with Crippen molar-refractivity contribution in [2.45, 2.75) is 38.0 Å². The molecule has 104 valence electrons. The molecule has 1 aromatic carbocycles. The van der Waals surface area contributed by atoms with E-state index in [0.29, 0.717) is 24.8 Å². The molecule has 2 aliphatic heterocycles. The Morgan fingerprint density at radius 2 is 2.32 bits per heavy atom. The monoisotopic (exact) mass is 265 g/mol. The lowest BCUT2D eigenvalue weighted by Crippen LogP contribution is -2.48. The topological polar surface area (TPSA) is 32.7 Å². The van der Waals surface area contributed by atoms with Gasteiger partial charge in [0.2, 0.25) is 0 Å². The van der Waals surface area contributed by atoms with Gasteiger partial charge in [-0.25, -0.2) is 4.39 Å². The van der Waals surface area contributed by atoms with Crippen molar-refractivity contribution in [1.82, 2.24) is 4.90 Å². The highest BCUT2D eigenvalue weighted by Crippen LogP contribution is 2.30. The average Bonchev–Trinajstić information content (AvgIpc) is 2.88. The molecule has 0 bridgehead atoms. The van der Waals surface area contributed by atoms with Crippen LogP contribution in [0, 0.1) is 12.7 Å². The minimum absolute atomic E-state index is 0.328. The first-order valence-electron chi connectivity index (χ1n) is 6.95. The molecular weight excluding hydrogens is 245 g/mol. The molecule has 3 nitrogen and oxygen atoms in total. The van der Waals surface area contributed by atoms with Crippen LogP contribution in [0.25, 0.3) is 0 Å². The van der Waals surface area contributed by atoms with Crippen molar-refractivity contribution in [3.05, 3.63) is 35.1 Å². The van der Waals surface area contributed by atoms with Crippen LogP contribution in [0.3, 0.4) is 0 Å². The Kier molecular flexibility index (Phi) is 3.56. The van der Waals surface area contributed by atoms with Crippen molar-refractivity contribution < 1.29 is 14.2 Å². The third-order valence-electron chi connectivity index (χ3n) is 4.24. The Morgan fingerprint density at radius 1 is 1.47 bits per heavy atom. The number of nitrogens with zero attached hydrogens (tertiary/aromatic N) is 1. The molecule has 0 spiro atoms. The molecule has 2 saturated heterocycles. The predicted octanol–water partition coefficient (Wildman–Crippen LogP) is 2.03. The van der Waals surface area contributed by atoms with Crippen LogP contribution in [0.15, 0.2) is 18.2 Å². The third-order valence-corrected chi connectivity index (χ3v) is 4.24. The molecule has 2 fully saturated rings. The summed E-state index contributed by atoms with van der Waals surface area (Å²) >= 11 is 0. The van der Waals surface area contributed by atoms with Crippen molar-refractivity contribution >= 4 is 0 Å². The number of aryl methyl sites for hydroxylation is 1. The van der Waals surface area contributed by atoms with Crippen molar-refractivity contribution in [2.75, 3.05) is 19.7 Å². The highest BCUT2D eigenvalue weighted by molar-refractivity contribution is 5.26. The number of morpholine rings is 1. The number of aliphatic hydroxyl groups is 1. The van der Waals surface area contributed by atoms with E-state index in [9.17, 15) is 9.50 Å². The van der Waals surface area contributed by atoms with Crippen molar-refractivity contribution in [1.29, 1.82) is 0 Å². The SMILES string of the molecule is Cc1ccc(F)c(C(O)C2CN3CCCC3CO2)c1. The second-order valence-electron chi connectivity index (χ2n) is 5.63. The Bertz CT molecular complexity index is 465. The fourth-order valence-electron chi connectivity index (χ4n) is 3.12. The summed E-state index contributed by atoms with van der Waals surface area (Å²) in [6.07, 6.45) is 1.14. The predicted molar refractivity (Wildman–Crippen MR) is 70.4 cm³/mol. The molecular formula is C15H20FNO2. The molecule has 2 aliphatic rings. The zero-order valence-electron chi connectivity index (χ0n) is 11.2. The molecule has 3 atom stereocenters. The molecule has 4 heteroatoms. The molecule has 0 aromatic heterocycles. The summed E-state index contributed by atoms with van der Waals surface area (Å²) in [6.45, 7) is 4.30. The summed E-state index contributed by atoms with van der Waals surface area (Å²) < 4.78 is 19.6. The van der Waals surface area contributed by atoms with E-state index in [0.717, 1.165) is 12.1 Å². The number of hydrogen-bond acceptors (Lipinski definition) is 3. The molecule has 0 amide bonds. The lowest BCUT2D eigenvalue weighted by atomic mass is 10.00. The standard InChI is InChI=1S/C15H20FNO2/c1-10-4-5-13(16)12(7-10)15(18)14-8-17-6-2-3-11(17)9-19-14/h4-5,7,11,14-15,18H,2-3,6,8-9H2,1H3. The smallest absolute Gasteiger partial charge is 0.129 e. The molecule has 3 unspecified atom stereocenters. The number of hydrogen-bond donors (Lipinski definition) is 1. The summed E-state index contributed by atoms with van der Waals surface area (Å²) in [5.41, 5.74) is 1.30. The first kappa shape index (κ1) is 13.0. The van der Waals surface area contributed by atoms with Crippen LogP contribution in [0.2, 0.25) is 0 Å². The summed E-state index contributed by atoms with van der Waals surface area (Å²) in [5.74, 6) is -0.356. The van der Waals surface area contributed by atoms with Crippen molar-refractivity contribution in [3.63, 3.8) is 0 Å². The third kappa shape index (κ3) is 2.53. The first-order chi connectivity index (χ1) is 9.15. The van der Waals surface area contributed by atoms with Gasteiger partial charge in [-0.15, -0.1) is 0 Å². The number of fused-ring (bicyclic) bond motifs is 1. The van der Waals surface area contributed by atoms with E-state index in [1.165, 1.54) is 18.9 Å². The van der Waals surface area contributed by atoms with Gasteiger partial charge in [0, 0.05) is 18.2 Å². The van der Waals surface area contributed by atoms with Gasteiger partial charge < -0.3 is 9.84 Å². The molecule has 0 saturated carbocycles. The van der Waals surface area contributed by atoms with Crippen LogP contribution < -0.4 is 0 Å². The number of aliphatic hydroxyl groups excluding tert-OH is 1. The Balaban J connectivity index is 1.76. The highest BCUT2D eigenvalue weighted by atomic mass is 19.1. The highest BCUT2D eigenvalue weighted by Gasteiger charge is 2.36. The molecule has 1 N–H and O–H groups in total. The molecule has 2 heterocycles. The first-order valence-corrected chi connectivity index (χ1v) is 6.95. The van der Waals surface area contributed by atoms with E-state index in [1.807, 2.05) is 6.92 Å². The van der Waals surface area contributed by atoms with Gasteiger partial charge in [-0.1, -0.05) is 17.7 Å². The van der Waals surface area contributed by atoms with Gasteiger partial charge in [-0.05, 0) is 32.4 Å². The van der Waals surface area contributed by atoms with Crippen molar-refractivity contribution in [2.24, 2.45) is 0 Å². The van der Waals surface area contributed by atoms with Crippen LogP contribution in [-0.2, 0) is 4.74 Å². The zero-order chi connectivity index (χ0) is 13.4. The van der Waals surface area contributed by atoms with Crippen LogP contribution in [0.1, 0.15) is 30.1 Å². The molecule has 3 rings (SSSR count). The van der Waals surface area contributed by atoms with Crippen LogP contribution in [-0.4, -0.2) is 41.8 Å². The van der Waals surface area contributed by atoms with E-state index < -0.39 is 6.10 Å². The Morgan fingerprint density at radius 3 is 3.16 bits per heavy atom. The summed E-state index contributed by atoms with van der Waals surface area (Å²) in [7, 11) is 0. The summed E-state index contributed by atoms with van der Waals surface area (Å²) in [4.78, 5) is 2.35. The van der Waals surface area contributed by atoms with Gasteiger partial charge in [0.15, 0.2) is 0 Å². The fraction of sp³-hybridized carbons (Fsp3) is 0.600. The fourth-order valence-corrected chi connectivity index (χ4v) is 3.12. The molecule has 0 radical (unpaired) electrons. The van der Waals surface area contributed by atoms with Crippen LogP contribution >= 0.6 is 0 Å². The Labute approximate surface area is 113 Å². The normalized spacial score (nSPS) is 29.2. The quantitative estimate of drug-likeness (QED) is 0.888. The number of benzene rings is 1. The van der Waals surface area contributed by atoms with Crippen LogP contribution in [0.4, 0.5) is 4.39 Å². The zero-order valence-corrected chi connectivity index (χ0v) is 11.2. The van der Waals surface area contributed by atoms with Gasteiger partial charge in [0.1, 0.15) is 18.0 Å². The van der Waals surface area contributed by atoms with Gasteiger partial charge in [-0.2, -0.15) is 0 Å². The number of ether oxygens (including phenoxy) is 1. The number of halogens is 1. The summed E-state index contributed by atoms with van der Waals surface area (Å²) in [6, 6.07) is 5.32. The van der Waals surface area contributed by atoms with E-state index in [-0.39, 0.29) is 11.9 Å². The van der Waals surface area contributed by atoms with Gasteiger partial charge in [0.05, 0.1) is 6.61 Å². The van der Waals surface area contributed by atoms with Gasteiger partial charge in [-0.3, -0.25) is 4.90 Å². The maximum absolute atomic E-state index is 13.8. The molecule has 1 aromatic rings. The molecule has 19 heavy (non-hydrogen) atoms. The lowest BCUT2D eigenvalue weighted by Gasteiger charge is -2.37. The van der Waals surface area contributed by atoms with E-state index >= 15 is 0 Å². The maximum Gasteiger partial charge on any atom is 0.129 e. The van der Waals surface area contributed by atoms with E-state index in [1.54, 1.807) is 12.1 Å².